The van der Waals surface area contributed by atoms with Crippen molar-refractivity contribution in [1.82, 2.24) is 4.90 Å². The molecule has 2 N–H and O–H groups in total. The zero-order valence-electron chi connectivity index (χ0n) is 17.2. The first-order valence-corrected chi connectivity index (χ1v) is 10.4. The van der Waals surface area contributed by atoms with Gasteiger partial charge in [0.05, 0.1) is 0 Å². The van der Waals surface area contributed by atoms with Crippen molar-refractivity contribution >= 4 is 29.0 Å². The van der Waals surface area contributed by atoms with Crippen LogP contribution in [0.2, 0.25) is 0 Å². The monoisotopic (exact) mass is 394 g/mol. The molecule has 0 aliphatic carbocycles. The lowest BCUT2D eigenvalue weighted by Gasteiger charge is -2.31. The fourth-order valence-corrected chi connectivity index (χ4v) is 3.66. The topological polar surface area (TPSA) is 64.7 Å². The quantitative estimate of drug-likeness (QED) is 0.762. The molecule has 6 heteroatoms. The minimum absolute atomic E-state index is 0.0312. The molecule has 3 amide bonds. The van der Waals surface area contributed by atoms with Gasteiger partial charge in [-0.05, 0) is 63.1 Å². The SMILES string of the molecule is CCN(CC)c1ccc(NC(=O)C2CCN(C(=O)Nc3ccccc3)CC2)cc1. The number of para-hydroxylation sites is 1. The zero-order chi connectivity index (χ0) is 20.6. The predicted molar refractivity (Wildman–Crippen MR) is 118 cm³/mol. The van der Waals surface area contributed by atoms with Crippen LogP contribution in [0, 0.1) is 5.92 Å². The number of urea groups is 1. The van der Waals surface area contributed by atoms with E-state index in [1.54, 1.807) is 4.90 Å². The molecule has 2 aromatic carbocycles. The van der Waals surface area contributed by atoms with E-state index in [2.05, 4.69) is 29.4 Å². The first-order valence-electron chi connectivity index (χ1n) is 10.4. The van der Waals surface area contributed by atoms with E-state index in [0.717, 1.165) is 30.2 Å². The highest BCUT2D eigenvalue weighted by Crippen LogP contribution is 2.22. The Labute approximate surface area is 172 Å². The molecule has 1 fully saturated rings. The van der Waals surface area contributed by atoms with Gasteiger partial charge < -0.3 is 20.4 Å². The van der Waals surface area contributed by atoms with E-state index in [9.17, 15) is 9.59 Å². The first kappa shape index (κ1) is 20.7. The molecule has 1 aliphatic rings. The van der Waals surface area contributed by atoms with Crippen LogP contribution < -0.4 is 15.5 Å². The van der Waals surface area contributed by atoms with Crippen LogP contribution in [0.3, 0.4) is 0 Å². The Morgan fingerprint density at radius 3 is 2.07 bits per heavy atom. The van der Waals surface area contributed by atoms with E-state index in [4.69, 9.17) is 0 Å². The standard InChI is InChI=1S/C23H30N4O2/c1-3-26(4-2)21-12-10-20(11-13-21)24-22(28)18-14-16-27(17-15-18)23(29)25-19-8-6-5-7-9-19/h5-13,18H,3-4,14-17H2,1-2H3,(H,24,28)(H,25,29). The molecule has 0 atom stereocenters. The van der Waals surface area contributed by atoms with E-state index < -0.39 is 0 Å². The highest BCUT2D eigenvalue weighted by Gasteiger charge is 2.27. The van der Waals surface area contributed by atoms with Crippen LogP contribution >= 0.6 is 0 Å². The maximum Gasteiger partial charge on any atom is 0.321 e. The number of hydrogen-bond donors (Lipinski definition) is 2. The molecule has 0 spiro atoms. The third-order valence-corrected chi connectivity index (χ3v) is 5.44. The largest absolute Gasteiger partial charge is 0.372 e. The summed E-state index contributed by atoms with van der Waals surface area (Å²) in [5.41, 5.74) is 2.76. The molecule has 0 saturated carbocycles. The Kier molecular flexibility index (Phi) is 7.11. The number of benzene rings is 2. The molecular formula is C23H30N4O2. The van der Waals surface area contributed by atoms with Gasteiger partial charge in [0.1, 0.15) is 0 Å². The number of rotatable bonds is 6. The number of piperidine rings is 1. The van der Waals surface area contributed by atoms with Crippen LogP contribution in [0.1, 0.15) is 26.7 Å². The molecule has 154 valence electrons. The van der Waals surface area contributed by atoms with Gasteiger partial charge in [-0.25, -0.2) is 4.79 Å². The van der Waals surface area contributed by atoms with Crippen LogP contribution in [-0.2, 0) is 4.79 Å². The summed E-state index contributed by atoms with van der Waals surface area (Å²) in [5.74, 6) is -0.0399. The van der Waals surface area contributed by atoms with Crippen LogP contribution in [-0.4, -0.2) is 43.0 Å². The van der Waals surface area contributed by atoms with Gasteiger partial charge >= 0.3 is 6.03 Å². The van der Waals surface area contributed by atoms with Crippen LogP contribution in [0.4, 0.5) is 21.9 Å². The number of hydrogen-bond acceptors (Lipinski definition) is 3. The third-order valence-electron chi connectivity index (χ3n) is 5.44. The van der Waals surface area contributed by atoms with Gasteiger partial charge in [-0.15, -0.1) is 0 Å². The van der Waals surface area contributed by atoms with Crippen molar-refractivity contribution in [3.8, 4) is 0 Å². The highest BCUT2D eigenvalue weighted by atomic mass is 16.2. The number of amides is 3. The molecule has 1 aliphatic heterocycles. The fourth-order valence-electron chi connectivity index (χ4n) is 3.66. The van der Waals surface area contributed by atoms with Crippen molar-refractivity contribution in [3.63, 3.8) is 0 Å². The molecule has 0 unspecified atom stereocenters. The maximum absolute atomic E-state index is 12.6. The second-order valence-corrected chi connectivity index (χ2v) is 7.27. The van der Waals surface area contributed by atoms with Crippen molar-refractivity contribution in [1.29, 1.82) is 0 Å². The van der Waals surface area contributed by atoms with Gasteiger partial charge in [0.25, 0.3) is 0 Å². The maximum atomic E-state index is 12.6. The number of carbonyl (C=O) groups is 2. The van der Waals surface area contributed by atoms with Gasteiger partial charge in [0.2, 0.25) is 5.91 Å². The van der Waals surface area contributed by atoms with Crippen LogP contribution in [0.25, 0.3) is 0 Å². The molecule has 0 bridgehead atoms. The Morgan fingerprint density at radius 1 is 0.897 bits per heavy atom. The van der Waals surface area contributed by atoms with Gasteiger partial charge in [0.15, 0.2) is 0 Å². The van der Waals surface area contributed by atoms with Gasteiger partial charge in [-0.3, -0.25) is 4.79 Å². The van der Waals surface area contributed by atoms with Crippen LogP contribution in [0.5, 0.6) is 0 Å². The zero-order valence-corrected chi connectivity index (χ0v) is 17.2. The molecule has 1 saturated heterocycles. The summed E-state index contributed by atoms with van der Waals surface area (Å²) >= 11 is 0. The Bertz CT molecular complexity index is 795. The number of nitrogens with one attached hydrogen (secondary N) is 2. The highest BCUT2D eigenvalue weighted by molar-refractivity contribution is 5.93. The lowest BCUT2D eigenvalue weighted by molar-refractivity contribution is -0.121. The van der Waals surface area contributed by atoms with E-state index in [1.165, 1.54) is 0 Å². The van der Waals surface area contributed by atoms with Gasteiger partial charge in [-0.2, -0.15) is 0 Å². The summed E-state index contributed by atoms with van der Waals surface area (Å²) in [6.45, 7) is 7.34. The average Bonchev–Trinajstić information content (AvgIpc) is 2.76. The molecule has 6 nitrogen and oxygen atoms in total. The Morgan fingerprint density at radius 2 is 1.48 bits per heavy atom. The Hall–Kier alpha value is -3.02. The van der Waals surface area contributed by atoms with E-state index >= 15 is 0 Å². The number of nitrogens with zero attached hydrogens (tertiary/aromatic N) is 2. The molecule has 1 heterocycles. The van der Waals surface area contributed by atoms with Crippen molar-refractivity contribution in [2.75, 3.05) is 41.7 Å². The van der Waals surface area contributed by atoms with Crippen molar-refractivity contribution in [2.45, 2.75) is 26.7 Å². The molecule has 3 rings (SSSR count). The van der Waals surface area contributed by atoms with Crippen LogP contribution in [0.15, 0.2) is 54.6 Å². The Balaban J connectivity index is 1.48. The van der Waals surface area contributed by atoms with E-state index in [0.29, 0.717) is 25.9 Å². The van der Waals surface area contributed by atoms with Gasteiger partial charge in [-0.1, -0.05) is 18.2 Å². The number of likely N-dealkylation sites (tertiary alicyclic amines) is 1. The van der Waals surface area contributed by atoms with Crippen molar-refractivity contribution in [2.24, 2.45) is 5.92 Å². The number of anilines is 3. The average molecular weight is 395 g/mol. The minimum Gasteiger partial charge on any atom is -0.372 e. The summed E-state index contributed by atoms with van der Waals surface area (Å²) in [5, 5.41) is 5.92. The summed E-state index contributed by atoms with van der Waals surface area (Å²) in [4.78, 5) is 29.0. The fraction of sp³-hybridized carbons (Fsp3) is 0.391. The minimum atomic E-state index is -0.109. The summed E-state index contributed by atoms with van der Waals surface area (Å²) < 4.78 is 0. The second kappa shape index (κ2) is 9.96. The lowest BCUT2D eigenvalue weighted by atomic mass is 9.96. The molecule has 2 aromatic rings. The second-order valence-electron chi connectivity index (χ2n) is 7.27. The number of carbonyl (C=O) groups excluding carboxylic acids is 2. The first-order chi connectivity index (χ1) is 14.1. The van der Waals surface area contributed by atoms with Crippen molar-refractivity contribution < 1.29 is 9.59 Å². The smallest absolute Gasteiger partial charge is 0.321 e. The summed E-state index contributed by atoms with van der Waals surface area (Å²) in [6, 6.07) is 17.3. The summed E-state index contributed by atoms with van der Waals surface area (Å²) in [7, 11) is 0. The van der Waals surface area contributed by atoms with E-state index in [1.807, 2.05) is 54.6 Å². The molecule has 0 radical (unpaired) electrons. The van der Waals surface area contributed by atoms with Gasteiger partial charge in [0, 0.05) is 49.2 Å². The molecule has 0 aromatic heterocycles. The van der Waals surface area contributed by atoms with E-state index in [-0.39, 0.29) is 17.9 Å². The van der Waals surface area contributed by atoms with Crippen molar-refractivity contribution in [3.05, 3.63) is 54.6 Å². The third kappa shape index (κ3) is 5.50. The summed E-state index contributed by atoms with van der Waals surface area (Å²) in [6.07, 6.45) is 1.34. The lowest BCUT2D eigenvalue weighted by Crippen LogP contribution is -2.43. The molecular weight excluding hydrogens is 364 g/mol. The predicted octanol–water partition coefficient (Wildman–Crippen LogP) is 4.42. The molecule has 29 heavy (non-hydrogen) atoms. The normalized spacial score (nSPS) is 14.3.